The topological polar surface area (TPSA) is 49.3 Å². The zero-order valence-corrected chi connectivity index (χ0v) is 10.4. The minimum Gasteiger partial charge on any atom is -0.480 e. The third-order valence-corrected chi connectivity index (χ3v) is 3.04. The molecule has 16 heavy (non-hydrogen) atoms. The average molecular weight is 282 g/mol. The molecular formula is C12H12BrNO2. The molecule has 1 rings (SSSR count). The lowest BCUT2D eigenvalue weighted by atomic mass is 10.1. The van der Waals surface area contributed by atoms with Crippen LogP contribution in [0.1, 0.15) is 17.2 Å². The lowest BCUT2D eigenvalue weighted by Crippen LogP contribution is -2.28. The lowest BCUT2D eigenvalue weighted by molar-refractivity contribution is -0.139. The molecule has 1 unspecified atom stereocenters. The van der Waals surface area contributed by atoms with Crippen molar-refractivity contribution in [2.75, 3.05) is 6.54 Å². The molecule has 0 spiro atoms. The fourth-order valence-electron chi connectivity index (χ4n) is 1.30. The number of carboxylic acid groups (broad SMARTS) is 1. The number of nitrogens with one attached hydrogen (secondary N) is 1. The predicted octanol–water partition coefficient (Wildman–Crippen LogP) is 2.11. The Labute approximate surface area is 103 Å². The molecule has 0 saturated carbocycles. The van der Waals surface area contributed by atoms with Gasteiger partial charge >= 0.3 is 5.97 Å². The summed E-state index contributed by atoms with van der Waals surface area (Å²) in [5.74, 6) is 1.42. The minimum absolute atomic E-state index is 0.225. The van der Waals surface area contributed by atoms with Crippen LogP contribution < -0.4 is 5.32 Å². The number of halogens is 1. The molecule has 1 aromatic rings. The summed E-state index contributed by atoms with van der Waals surface area (Å²) in [6, 6.07) is 4.67. The van der Waals surface area contributed by atoms with Gasteiger partial charge in [-0.1, -0.05) is 34.0 Å². The molecule has 0 saturated heterocycles. The molecule has 0 aliphatic rings. The molecule has 0 bridgehead atoms. The molecule has 1 aromatic carbocycles. The summed E-state index contributed by atoms with van der Waals surface area (Å²) in [5, 5.41) is 11.8. The maximum atomic E-state index is 11.1. The largest absolute Gasteiger partial charge is 0.480 e. The fourth-order valence-corrected chi connectivity index (χ4v) is 1.69. The molecule has 4 heteroatoms. The second kappa shape index (κ2) is 5.69. The van der Waals surface area contributed by atoms with E-state index in [0.29, 0.717) is 5.56 Å². The quantitative estimate of drug-likeness (QED) is 0.831. The number of benzene rings is 1. The summed E-state index contributed by atoms with van der Waals surface area (Å²) in [6.45, 7) is 2.17. The van der Waals surface area contributed by atoms with Gasteiger partial charge in [-0.15, -0.1) is 6.42 Å². The van der Waals surface area contributed by atoms with Gasteiger partial charge in [-0.3, -0.25) is 10.1 Å². The van der Waals surface area contributed by atoms with Gasteiger partial charge in [0, 0.05) is 4.47 Å². The Morgan fingerprint density at radius 2 is 2.38 bits per heavy atom. The molecule has 0 fully saturated rings. The van der Waals surface area contributed by atoms with Gasteiger partial charge in [0.05, 0.1) is 6.54 Å². The van der Waals surface area contributed by atoms with E-state index in [-0.39, 0.29) is 6.54 Å². The minimum atomic E-state index is -0.939. The molecule has 0 aromatic heterocycles. The van der Waals surface area contributed by atoms with Crippen molar-refractivity contribution in [1.82, 2.24) is 5.32 Å². The molecule has 2 N–H and O–H groups in total. The zero-order valence-electron chi connectivity index (χ0n) is 8.83. The number of aliphatic carboxylic acids is 1. The Bertz CT molecular complexity index is 437. The fraction of sp³-hybridized carbons (Fsp3) is 0.250. The van der Waals surface area contributed by atoms with Crippen molar-refractivity contribution < 1.29 is 9.90 Å². The highest BCUT2D eigenvalue weighted by atomic mass is 79.9. The van der Waals surface area contributed by atoms with Crippen molar-refractivity contribution in [2.45, 2.75) is 13.0 Å². The Kier molecular flexibility index (Phi) is 4.53. The first kappa shape index (κ1) is 12.8. The number of carboxylic acids is 1. The number of hydrogen-bond donors (Lipinski definition) is 2. The Morgan fingerprint density at radius 3 is 2.88 bits per heavy atom. The van der Waals surface area contributed by atoms with Crippen LogP contribution in [0.15, 0.2) is 22.7 Å². The van der Waals surface area contributed by atoms with Gasteiger partial charge in [-0.25, -0.2) is 0 Å². The van der Waals surface area contributed by atoms with E-state index in [1.807, 2.05) is 13.0 Å². The smallest absolute Gasteiger partial charge is 0.325 e. The van der Waals surface area contributed by atoms with Crippen LogP contribution in [-0.2, 0) is 4.79 Å². The average Bonchev–Trinajstić information content (AvgIpc) is 2.23. The normalized spacial score (nSPS) is 11.8. The van der Waals surface area contributed by atoms with Crippen LogP contribution in [-0.4, -0.2) is 17.6 Å². The highest BCUT2D eigenvalue weighted by Crippen LogP contribution is 2.22. The third kappa shape index (κ3) is 3.09. The summed E-state index contributed by atoms with van der Waals surface area (Å²) < 4.78 is 0.888. The van der Waals surface area contributed by atoms with Crippen molar-refractivity contribution in [3.05, 3.63) is 33.8 Å². The van der Waals surface area contributed by atoms with E-state index in [2.05, 4.69) is 27.2 Å². The van der Waals surface area contributed by atoms with E-state index in [1.54, 1.807) is 12.1 Å². The van der Waals surface area contributed by atoms with Crippen LogP contribution >= 0.6 is 15.9 Å². The molecule has 84 valence electrons. The summed E-state index contributed by atoms with van der Waals surface area (Å²) in [6.07, 6.45) is 5.09. The number of aryl methyl sites for hydroxylation is 1. The van der Waals surface area contributed by atoms with E-state index in [1.165, 1.54) is 0 Å². The Balaban J connectivity index is 2.97. The first-order valence-corrected chi connectivity index (χ1v) is 5.51. The number of carbonyl (C=O) groups is 1. The monoisotopic (exact) mass is 281 g/mol. The summed E-state index contributed by atoms with van der Waals surface area (Å²) in [4.78, 5) is 11.1. The van der Waals surface area contributed by atoms with Crippen molar-refractivity contribution in [2.24, 2.45) is 0 Å². The van der Waals surface area contributed by atoms with E-state index < -0.39 is 12.0 Å². The maximum Gasteiger partial charge on any atom is 0.325 e. The van der Waals surface area contributed by atoms with Gasteiger partial charge in [-0.05, 0) is 24.1 Å². The van der Waals surface area contributed by atoms with Crippen molar-refractivity contribution in [1.29, 1.82) is 0 Å². The summed E-state index contributed by atoms with van der Waals surface area (Å²) >= 11 is 3.37. The molecule has 1 atom stereocenters. The molecule has 3 nitrogen and oxygen atoms in total. The predicted molar refractivity (Wildman–Crippen MR) is 66.1 cm³/mol. The van der Waals surface area contributed by atoms with Crippen LogP contribution in [0.3, 0.4) is 0 Å². The van der Waals surface area contributed by atoms with Crippen molar-refractivity contribution in [3.8, 4) is 12.3 Å². The first-order valence-electron chi connectivity index (χ1n) is 4.72. The van der Waals surface area contributed by atoms with Crippen LogP contribution in [0.5, 0.6) is 0 Å². The molecular weight excluding hydrogens is 270 g/mol. The van der Waals surface area contributed by atoms with Crippen molar-refractivity contribution in [3.63, 3.8) is 0 Å². The van der Waals surface area contributed by atoms with E-state index in [4.69, 9.17) is 11.5 Å². The second-order valence-electron chi connectivity index (χ2n) is 3.36. The van der Waals surface area contributed by atoms with Crippen LogP contribution in [0, 0.1) is 19.3 Å². The van der Waals surface area contributed by atoms with Gasteiger partial charge in [0.15, 0.2) is 0 Å². The zero-order chi connectivity index (χ0) is 12.1. The highest BCUT2D eigenvalue weighted by Gasteiger charge is 2.18. The number of hydrogen-bond acceptors (Lipinski definition) is 2. The first-order chi connectivity index (χ1) is 7.56. The molecule has 0 heterocycles. The molecule has 0 aliphatic heterocycles. The Morgan fingerprint density at radius 1 is 1.69 bits per heavy atom. The van der Waals surface area contributed by atoms with Gasteiger partial charge in [0.2, 0.25) is 0 Å². The maximum absolute atomic E-state index is 11.1. The standard InChI is InChI=1S/C12H12BrNO2/c1-3-6-14-11(12(15)16)9-5-4-8(2)10(13)7-9/h1,4-5,7,11,14H,6H2,2H3,(H,15,16). The van der Waals surface area contributed by atoms with Crippen LogP contribution in [0.25, 0.3) is 0 Å². The summed E-state index contributed by atoms with van der Waals surface area (Å²) in [5.41, 5.74) is 1.74. The second-order valence-corrected chi connectivity index (χ2v) is 4.22. The van der Waals surface area contributed by atoms with E-state index in [0.717, 1.165) is 10.0 Å². The molecule has 0 amide bonds. The molecule has 0 radical (unpaired) electrons. The molecule has 0 aliphatic carbocycles. The van der Waals surface area contributed by atoms with Gasteiger partial charge < -0.3 is 5.11 Å². The third-order valence-electron chi connectivity index (χ3n) is 2.18. The van der Waals surface area contributed by atoms with Crippen LogP contribution in [0.4, 0.5) is 0 Å². The van der Waals surface area contributed by atoms with Gasteiger partial charge in [-0.2, -0.15) is 0 Å². The van der Waals surface area contributed by atoms with E-state index in [9.17, 15) is 4.79 Å². The van der Waals surface area contributed by atoms with Gasteiger partial charge in [0.25, 0.3) is 0 Å². The number of terminal acetylenes is 1. The van der Waals surface area contributed by atoms with Crippen molar-refractivity contribution >= 4 is 21.9 Å². The van der Waals surface area contributed by atoms with Gasteiger partial charge in [0.1, 0.15) is 6.04 Å². The summed E-state index contributed by atoms with van der Waals surface area (Å²) in [7, 11) is 0. The lowest BCUT2D eigenvalue weighted by Gasteiger charge is -2.14. The SMILES string of the molecule is C#CCNC(C(=O)O)c1ccc(C)c(Br)c1. The highest BCUT2D eigenvalue weighted by molar-refractivity contribution is 9.10. The van der Waals surface area contributed by atoms with Crippen LogP contribution in [0.2, 0.25) is 0 Å². The van der Waals surface area contributed by atoms with E-state index >= 15 is 0 Å². The number of rotatable bonds is 4. The Hall–Kier alpha value is -1.31.